The minimum atomic E-state index is -2.58. The van der Waals surface area contributed by atoms with Crippen molar-refractivity contribution in [3.05, 3.63) is 58.7 Å². The molecule has 2 nitrogen and oxygen atoms in total. The fourth-order valence-corrected chi connectivity index (χ4v) is 8.11. The molecule has 28 heavy (non-hydrogen) atoms. The molecule has 1 saturated carbocycles. The van der Waals surface area contributed by atoms with Gasteiger partial charge in [0.25, 0.3) is 0 Å². The molecule has 0 unspecified atom stereocenters. The molecule has 2 aromatic rings. The van der Waals surface area contributed by atoms with Gasteiger partial charge in [-0.05, 0) is 160 Å². The van der Waals surface area contributed by atoms with E-state index in [0.29, 0.717) is 11.8 Å². The number of aryl methyl sites for hydroxylation is 2. The number of hydrogen-bond donors (Lipinski definition) is 0. The average Bonchev–Trinajstić information content (AvgIpc) is 2.60. The van der Waals surface area contributed by atoms with Gasteiger partial charge in [-0.25, -0.2) is 0 Å². The van der Waals surface area contributed by atoms with Gasteiger partial charge in [0.15, 0.2) is 0 Å². The van der Waals surface area contributed by atoms with E-state index in [0.717, 1.165) is 36.3 Å². The zero-order valence-electron chi connectivity index (χ0n) is 15.7. The van der Waals surface area contributed by atoms with E-state index in [1.165, 1.54) is 22.3 Å². The van der Waals surface area contributed by atoms with Gasteiger partial charge in [-0.15, -0.1) is 0 Å². The van der Waals surface area contributed by atoms with Gasteiger partial charge in [-0.3, -0.25) is 9.13 Å². The highest BCUT2D eigenvalue weighted by atomic mass is 79.9. The van der Waals surface area contributed by atoms with Gasteiger partial charge in [0.05, 0.1) is 0 Å². The lowest BCUT2D eigenvalue weighted by Gasteiger charge is -2.31. The molecule has 3 rings (SSSR count). The largest absolute Gasteiger partial charge is 0.294 e. The molecule has 0 saturated heterocycles. The van der Waals surface area contributed by atoms with E-state index in [9.17, 15) is 9.13 Å². The van der Waals surface area contributed by atoms with Crippen molar-refractivity contribution in [2.75, 3.05) is 0 Å². The van der Waals surface area contributed by atoms with Crippen molar-refractivity contribution < 1.29 is 9.13 Å². The second-order valence-electron chi connectivity index (χ2n) is 7.55. The summed E-state index contributed by atoms with van der Waals surface area (Å²) in [6.45, 7) is 4.23. The summed E-state index contributed by atoms with van der Waals surface area (Å²) in [6, 6.07) is 12.3. The van der Waals surface area contributed by atoms with Crippen molar-refractivity contribution in [3.8, 4) is 0 Å². The predicted octanol–water partition coefficient (Wildman–Crippen LogP) is 8.96. The Balaban J connectivity index is 1.73. The van der Waals surface area contributed by atoms with Crippen LogP contribution < -0.4 is 10.6 Å². The Morgan fingerprint density at radius 2 is 1.00 bits per heavy atom. The van der Waals surface area contributed by atoms with E-state index < -0.39 is 9.09 Å². The van der Waals surface area contributed by atoms with Crippen molar-refractivity contribution in [2.45, 2.75) is 51.4 Å². The van der Waals surface area contributed by atoms with Gasteiger partial charge in [0.2, 0.25) is 9.09 Å². The molecule has 152 valence electrons. The maximum absolute atomic E-state index is 12.2. The zero-order valence-corrected chi connectivity index (χ0v) is 23.8. The highest BCUT2D eigenvalue weighted by molar-refractivity contribution is 9.72. The Morgan fingerprint density at radius 3 is 1.25 bits per heavy atom. The van der Waals surface area contributed by atoms with E-state index in [2.05, 4.69) is 87.9 Å². The second kappa shape index (κ2) is 9.13. The molecule has 0 heterocycles. The maximum Gasteiger partial charge on any atom is 0.236 e. The van der Waals surface area contributed by atoms with E-state index in [1.807, 2.05) is 24.3 Å². The van der Waals surface area contributed by atoms with E-state index >= 15 is 0 Å². The molecule has 0 N–H and O–H groups in total. The first kappa shape index (κ1) is 23.5. The third-order valence-corrected chi connectivity index (χ3v) is 12.4. The van der Waals surface area contributed by atoms with Crippen LogP contribution in [0.4, 0.5) is 0 Å². The minimum absolute atomic E-state index is 0.556. The summed E-state index contributed by atoms with van der Waals surface area (Å²) < 4.78 is 19.2. The Labute approximate surface area is 199 Å². The van der Waals surface area contributed by atoms with Crippen LogP contribution in [0.3, 0.4) is 0 Å². The van der Waals surface area contributed by atoms with Gasteiger partial charge < -0.3 is 0 Å². The molecular formula is C20H22Br4O2P2. The smallest absolute Gasteiger partial charge is 0.236 e. The third kappa shape index (κ3) is 5.54. The molecule has 0 aliphatic heterocycles. The van der Waals surface area contributed by atoms with Crippen LogP contribution in [0, 0.1) is 13.8 Å². The number of hydrogen-bond acceptors (Lipinski definition) is 2. The summed E-state index contributed by atoms with van der Waals surface area (Å²) in [5.41, 5.74) is 5.18. The first-order valence-electron chi connectivity index (χ1n) is 9.17. The standard InChI is InChI=1S/C20H22Br4O2P2/c1-13-11-17(27(21,22)25)7-9-19(13)15-3-5-16(6-4-15)20-10-8-18(12-14(20)2)28(23,24)26/h7-12,15-16H,3-6H2,1-2H3. The molecule has 1 aliphatic rings. The molecular weight excluding hydrogens is 654 g/mol. The minimum Gasteiger partial charge on any atom is -0.294 e. The summed E-state index contributed by atoms with van der Waals surface area (Å²) in [4.78, 5) is 0. The third-order valence-electron chi connectivity index (χ3n) is 5.71. The molecule has 0 radical (unpaired) electrons. The Hall–Kier alpha value is 0.820. The van der Waals surface area contributed by atoms with Crippen molar-refractivity contribution in [1.82, 2.24) is 0 Å². The molecule has 1 aliphatic carbocycles. The fraction of sp³-hybridized carbons (Fsp3) is 0.400. The molecule has 1 fully saturated rings. The van der Waals surface area contributed by atoms with Crippen LogP contribution in [0.5, 0.6) is 0 Å². The molecule has 0 bridgehead atoms. The van der Waals surface area contributed by atoms with E-state index in [-0.39, 0.29) is 0 Å². The molecule has 0 amide bonds. The van der Waals surface area contributed by atoms with Crippen molar-refractivity contribution in [2.24, 2.45) is 0 Å². The quantitative estimate of drug-likeness (QED) is 0.303. The normalized spacial score (nSPS) is 20.9. The first-order valence-corrected chi connectivity index (χ1v) is 20.7. The molecule has 0 aromatic heterocycles. The zero-order chi connectivity index (χ0) is 20.7. The topological polar surface area (TPSA) is 34.1 Å². The predicted molar refractivity (Wildman–Crippen MR) is 136 cm³/mol. The Bertz CT molecular complexity index is 893. The van der Waals surface area contributed by atoms with Gasteiger partial charge in [0, 0.05) is 10.6 Å². The van der Waals surface area contributed by atoms with Crippen LogP contribution in [-0.4, -0.2) is 0 Å². The summed E-state index contributed by atoms with van der Waals surface area (Å²) in [5.74, 6) is 1.11. The van der Waals surface area contributed by atoms with Gasteiger partial charge in [-0.2, -0.15) is 0 Å². The van der Waals surface area contributed by atoms with Gasteiger partial charge in [-0.1, -0.05) is 12.1 Å². The van der Waals surface area contributed by atoms with Crippen LogP contribution in [0.15, 0.2) is 36.4 Å². The summed E-state index contributed by atoms with van der Waals surface area (Å²) >= 11 is 13.0. The lowest BCUT2D eigenvalue weighted by Crippen LogP contribution is -2.15. The highest BCUT2D eigenvalue weighted by Crippen LogP contribution is 2.61. The second-order valence-corrected chi connectivity index (χ2v) is 28.1. The summed E-state index contributed by atoms with van der Waals surface area (Å²) in [7, 11) is 0. The van der Waals surface area contributed by atoms with E-state index in [4.69, 9.17) is 0 Å². The number of halogens is 4. The van der Waals surface area contributed by atoms with Crippen LogP contribution in [0.2, 0.25) is 0 Å². The summed E-state index contributed by atoms with van der Waals surface area (Å²) in [5, 5.41) is 1.63. The molecule has 0 atom stereocenters. The Kier molecular flexibility index (Phi) is 7.66. The molecule has 0 spiro atoms. The van der Waals surface area contributed by atoms with Gasteiger partial charge in [0.1, 0.15) is 0 Å². The SMILES string of the molecule is Cc1cc(P(=O)(Br)Br)ccc1C1CCC(c2ccc(P(=O)(Br)Br)cc2C)CC1. The maximum atomic E-state index is 12.2. The highest BCUT2D eigenvalue weighted by Gasteiger charge is 2.27. The average molecular weight is 676 g/mol. The fourth-order valence-electron chi connectivity index (χ4n) is 4.28. The number of benzene rings is 2. The van der Waals surface area contributed by atoms with Crippen LogP contribution in [0.25, 0.3) is 0 Å². The first-order chi connectivity index (χ1) is 13.0. The monoisotopic (exact) mass is 672 g/mol. The van der Waals surface area contributed by atoms with E-state index in [1.54, 1.807) is 0 Å². The van der Waals surface area contributed by atoms with Gasteiger partial charge >= 0.3 is 0 Å². The van der Waals surface area contributed by atoms with Crippen molar-refractivity contribution in [3.63, 3.8) is 0 Å². The Morgan fingerprint density at radius 1 is 0.679 bits per heavy atom. The van der Waals surface area contributed by atoms with Crippen LogP contribution >= 0.6 is 71.1 Å². The van der Waals surface area contributed by atoms with Crippen molar-refractivity contribution in [1.29, 1.82) is 0 Å². The lowest BCUT2D eigenvalue weighted by atomic mass is 9.74. The molecule has 8 heteroatoms. The summed E-state index contributed by atoms with van der Waals surface area (Å²) in [6.07, 6.45) is 4.62. The molecule has 2 aromatic carbocycles. The van der Waals surface area contributed by atoms with Crippen molar-refractivity contribution >= 4 is 81.7 Å². The van der Waals surface area contributed by atoms with Crippen LogP contribution in [-0.2, 0) is 9.13 Å². The van der Waals surface area contributed by atoms with Crippen LogP contribution in [0.1, 0.15) is 59.8 Å². The lowest BCUT2D eigenvalue weighted by molar-refractivity contribution is 0.395. The number of rotatable bonds is 4.